The smallest absolute Gasteiger partial charge is 0.356 e. The zero-order valence-corrected chi connectivity index (χ0v) is 11.7. The maximum absolute atomic E-state index is 11.6. The average molecular weight is 265 g/mol. The van der Waals surface area contributed by atoms with Crippen LogP contribution < -0.4 is 0 Å². The van der Waals surface area contributed by atoms with E-state index in [1.807, 2.05) is 20.8 Å². The van der Waals surface area contributed by atoms with Gasteiger partial charge < -0.3 is 9.47 Å². The predicted molar refractivity (Wildman–Crippen MR) is 69.7 cm³/mol. The summed E-state index contributed by atoms with van der Waals surface area (Å²) in [5, 5.41) is 0. The first-order valence-electron chi connectivity index (χ1n) is 6.08. The highest BCUT2D eigenvalue weighted by atomic mass is 16.6. The van der Waals surface area contributed by atoms with Gasteiger partial charge in [0.05, 0.1) is 13.5 Å². The number of methoxy groups -OCH3 is 1. The number of hydrogen-bond acceptors (Lipinski definition) is 5. The Hall–Kier alpha value is -1.91. The van der Waals surface area contributed by atoms with Crippen molar-refractivity contribution in [3.05, 3.63) is 29.6 Å². The Morgan fingerprint density at radius 3 is 2.53 bits per heavy atom. The van der Waals surface area contributed by atoms with Crippen molar-refractivity contribution in [3.8, 4) is 0 Å². The third kappa shape index (κ3) is 5.50. The van der Waals surface area contributed by atoms with Gasteiger partial charge in [0.1, 0.15) is 11.3 Å². The van der Waals surface area contributed by atoms with Crippen molar-refractivity contribution in [2.24, 2.45) is 0 Å². The van der Waals surface area contributed by atoms with Crippen LogP contribution in [0.1, 0.15) is 43.4 Å². The van der Waals surface area contributed by atoms with Crippen LogP contribution in [0.3, 0.4) is 0 Å². The zero-order chi connectivity index (χ0) is 14.5. The summed E-state index contributed by atoms with van der Waals surface area (Å²) < 4.78 is 9.79. The number of nitrogens with zero attached hydrogens (tertiary/aromatic N) is 1. The molecule has 0 aliphatic heterocycles. The van der Waals surface area contributed by atoms with E-state index in [-0.39, 0.29) is 18.1 Å². The van der Waals surface area contributed by atoms with Crippen LogP contribution in [-0.2, 0) is 20.7 Å². The van der Waals surface area contributed by atoms with Gasteiger partial charge in [-0.15, -0.1) is 0 Å². The largest absolute Gasteiger partial charge is 0.464 e. The van der Waals surface area contributed by atoms with E-state index in [0.29, 0.717) is 12.1 Å². The quantitative estimate of drug-likeness (QED) is 0.780. The van der Waals surface area contributed by atoms with Crippen molar-refractivity contribution in [3.63, 3.8) is 0 Å². The summed E-state index contributed by atoms with van der Waals surface area (Å²) in [6, 6.07) is 5.04. The second kappa shape index (κ2) is 6.31. The summed E-state index contributed by atoms with van der Waals surface area (Å²) >= 11 is 0. The zero-order valence-electron chi connectivity index (χ0n) is 11.7. The Labute approximate surface area is 112 Å². The maximum atomic E-state index is 11.6. The number of aromatic nitrogens is 1. The minimum atomic E-state index is -0.488. The molecule has 104 valence electrons. The van der Waals surface area contributed by atoms with Crippen molar-refractivity contribution < 1.29 is 19.1 Å². The molecule has 0 saturated heterocycles. The molecule has 0 amide bonds. The minimum Gasteiger partial charge on any atom is -0.464 e. The number of hydrogen-bond donors (Lipinski definition) is 0. The molecule has 0 saturated carbocycles. The van der Waals surface area contributed by atoms with E-state index in [4.69, 9.17) is 4.74 Å². The van der Waals surface area contributed by atoms with Crippen molar-refractivity contribution in [2.45, 2.75) is 39.2 Å². The van der Waals surface area contributed by atoms with Crippen molar-refractivity contribution in [2.75, 3.05) is 7.11 Å². The molecule has 0 spiro atoms. The molecule has 1 aromatic heterocycles. The number of esters is 2. The monoisotopic (exact) mass is 265 g/mol. The summed E-state index contributed by atoms with van der Waals surface area (Å²) in [6.07, 6.45) is 0.661. The number of rotatable bonds is 4. The molecule has 0 fully saturated rings. The summed E-state index contributed by atoms with van der Waals surface area (Å²) in [7, 11) is 1.30. The lowest BCUT2D eigenvalue weighted by atomic mass is 10.1. The van der Waals surface area contributed by atoms with Gasteiger partial charge in [0.15, 0.2) is 0 Å². The highest BCUT2D eigenvalue weighted by molar-refractivity contribution is 5.87. The van der Waals surface area contributed by atoms with Crippen LogP contribution in [0.4, 0.5) is 0 Å². The summed E-state index contributed by atoms with van der Waals surface area (Å²) in [5.74, 6) is -0.767. The molecule has 0 unspecified atom stereocenters. The van der Waals surface area contributed by atoms with Crippen LogP contribution in [0.5, 0.6) is 0 Å². The number of pyridine rings is 1. The second-order valence-electron chi connectivity index (χ2n) is 5.09. The van der Waals surface area contributed by atoms with E-state index in [1.165, 1.54) is 7.11 Å². The van der Waals surface area contributed by atoms with Crippen molar-refractivity contribution in [1.82, 2.24) is 4.98 Å². The van der Waals surface area contributed by atoms with Gasteiger partial charge in [-0.05, 0) is 32.9 Å². The molecule has 0 aliphatic carbocycles. The van der Waals surface area contributed by atoms with Gasteiger partial charge in [-0.3, -0.25) is 4.79 Å². The molecule has 0 atom stereocenters. The first-order valence-corrected chi connectivity index (χ1v) is 6.08. The Kier molecular flexibility index (Phi) is 5.03. The highest BCUT2D eigenvalue weighted by Crippen LogP contribution is 2.10. The lowest BCUT2D eigenvalue weighted by Crippen LogP contribution is -2.24. The highest BCUT2D eigenvalue weighted by Gasteiger charge is 2.16. The number of carbonyl (C=O) groups is 2. The van der Waals surface area contributed by atoms with E-state index < -0.39 is 11.6 Å². The van der Waals surface area contributed by atoms with Gasteiger partial charge in [-0.25, -0.2) is 9.78 Å². The fourth-order valence-corrected chi connectivity index (χ4v) is 1.46. The molecule has 1 rings (SSSR count). The molecule has 19 heavy (non-hydrogen) atoms. The third-order valence-electron chi connectivity index (χ3n) is 2.21. The maximum Gasteiger partial charge on any atom is 0.356 e. The van der Waals surface area contributed by atoms with Crippen LogP contribution in [0.2, 0.25) is 0 Å². The molecule has 0 radical (unpaired) electrons. The standard InChI is InChI=1S/C14H19NO4/c1-14(2,3)19-12(16)9-8-10-6-5-7-11(15-10)13(17)18-4/h5-7H,8-9H2,1-4H3. The molecule has 5 nitrogen and oxygen atoms in total. The summed E-state index contributed by atoms with van der Waals surface area (Å²) in [5.41, 5.74) is 0.413. The van der Waals surface area contributed by atoms with E-state index in [9.17, 15) is 9.59 Å². The molecule has 1 aromatic rings. The molecule has 0 N–H and O–H groups in total. The van der Waals surface area contributed by atoms with Gasteiger partial charge in [-0.1, -0.05) is 6.07 Å². The number of ether oxygens (including phenoxy) is 2. The van der Waals surface area contributed by atoms with Crippen molar-refractivity contribution in [1.29, 1.82) is 0 Å². The molecule has 0 aliphatic rings. The molecule has 0 bridgehead atoms. The van der Waals surface area contributed by atoms with E-state index in [0.717, 1.165) is 0 Å². The first-order chi connectivity index (χ1) is 8.81. The summed E-state index contributed by atoms with van der Waals surface area (Å²) in [4.78, 5) is 27.0. The SMILES string of the molecule is COC(=O)c1cccc(CCC(=O)OC(C)(C)C)n1. The van der Waals surface area contributed by atoms with E-state index in [1.54, 1.807) is 18.2 Å². The van der Waals surface area contributed by atoms with E-state index in [2.05, 4.69) is 9.72 Å². The molecular weight excluding hydrogens is 246 g/mol. The summed E-state index contributed by atoms with van der Waals surface area (Å²) in [6.45, 7) is 5.46. The Morgan fingerprint density at radius 2 is 1.95 bits per heavy atom. The Bertz CT molecular complexity index is 463. The van der Waals surface area contributed by atoms with Crippen LogP contribution >= 0.6 is 0 Å². The molecular formula is C14H19NO4. The van der Waals surface area contributed by atoms with Crippen LogP contribution in [-0.4, -0.2) is 29.6 Å². The van der Waals surface area contributed by atoms with Crippen molar-refractivity contribution >= 4 is 11.9 Å². The molecule has 5 heteroatoms. The third-order valence-corrected chi connectivity index (χ3v) is 2.21. The van der Waals surface area contributed by atoms with Crippen LogP contribution in [0, 0.1) is 0 Å². The predicted octanol–water partition coefficient (Wildman–Crippen LogP) is 2.14. The van der Waals surface area contributed by atoms with E-state index >= 15 is 0 Å². The topological polar surface area (TPSA) is 65.5 Å². The second-order valence-corrected chi connectivity index (χ2v) is 5.09. The first kappa shape index (κ1) is 15.1. The Morgan fingerprint density at radius 1 is 1.26 bits per heavy atom. The van der Waals surface area contributed by atoms with Crippen LogP contribution in [0.15, 0.2) is 18.2 Å². The normalized spacial score (nSPS) is 10.9. The van der Waals surface area contributed by atoms with Crippen LogP contribution in [0.25, 0.3) is 0 Å². The Balaban J connectivity index is 2.59. The van der Waals surface area contributed by atoms with Gasteiger partial charge in [0.25, 0.3) is 0 Å². The lowest BCUT2D eigenvalue weighted by molar-refractivity contribution is -0.154. The number of carbonyl (C=O) groups excluding carboxylic acids is 2. The number of aryl methyl sites for hydroxylation is 1. The molecule has 0 aromatic carbocycles. The molecule has 1 heterocycles. The van der Waals surface area contributed by atoms with Gasteiger partial charge >= 0.3 is 11.9 Å². The lowest BCUT2D eigenvalue weighted by Gasteiger charge is -2.19. The fourth-order valence-electron chi connectivity index (χ4n) is 1.46. The van der Waals surface area contributed by atoms with Gasteiger partial charge in [0.2, 0.25) is 0 Å². The average Bonchev–Trinajstić information content (AvgIpc) is 2.34. The van der Waals surface area contributed by atoms with Gasteiger partial charge in [0, 0.05) is 12.1 Å². The minimum absolute atomic E-state index is 0.231. The van der Waals surface area contributed by atoms with Gasteiger partial charge in [-0.2, -0.15) is 0 Å². The fraction of sp³-hybridized carbons (Fsp3) is 0.500.